The number of carboxylic acids is 1. The number of carbonyl (C=O) groups is 2. The molecule has 5 atom stereocenters. The lowest BCUT2D eigenvalue weighted by Gasteiger charge is -2.49. The average molecular weight is 541 g/mol. The summed E-state index contributed by atoms with van der Waals surface area (Å²) in [6.07, 6.45) is 2.27. The van der Waals surface area contributed by atoms with Crippen LogP contribution in [-0.2, 0) is 25.8 Å². The maximum absolute atomic E-state index is 13.1. The Morgan fingerprint density at radius 2 is 1.83 bits per heavy atom. The molecular formula is C26H31Cl2NO5S. The van der Waals surface area contributed by atoms with Crippen molar-refractivity contribution >= 4 is 44.9 Å². The maximum Gasteiger partial charge on any atom is 0.304 e. The molecule has 3 rings (SSSR count). The van der Waals surface area contributed by atoms with Gasteiger partial charge in [0, 0.05) is 39.6 Å². The summed E-state index contributed by atoms with van der Waals surface area (Å²) in [5.41, 5.74) is 0.993. The van der Waals surface area contributed by atoms with Gasteiger partial charge in [-0.2, -0.15) is 0 Å². The second-order valence-electron chi connectivity index (χ2n) is 9.78. The van der Waals surface area contributed by atoms with Gasteiger partial charge in [0.2, 0.25) is 5.91 Å². The highest BCUT2D eigenvalue weighted by atomic mass is 35.5. The number of aliphatic carboxylic acids is 1. The molecule has 35 heavy (non-hydrogen) atoms. The molecule has 1 fully saturated rings. The van der Waals surface area contributed by atoms with Gasteiger partial charge in [0.05, 0.1) is 11.7 Å². The van der Waals surface area contributed by atoms with Crippen molar-refractivity contribution in [2.45, 2.75) is 56.7 Å². The summed E-state index contributed by atoms with van der Waals surface area (Å²) in [7, 11) is -3.48. The molecule has 1 amide bonds. The van der Waals surface area contributed by atoms with Crippen LogP contribution >= 0.6 is 23.2 Å². The van der Waals surface area contributed by atoms with E-state index in [2.05, 4.69) is 5.32 Å². The van der Waals surface area contributed by atoms with Crippen LogP contribution in [0, 0.1) is 11.3 Å². The number of halogens is 2. The van der Waals surface area contributed by atoms with E-state index in [9.17, 15) is 23.1 Å². The van der Waals surface area contributed by atoms with Crippen molar-refractivity contribution in [3.63, 3.8) is 0 Å². The Kier molecular flexibility index (Phi) is 8.56. The summed E-state index contributed by atoms with van der Waals surface area (Å²) >= 11 is 12.3. The molecule has 2 N–H and O–H groups in total. The molecule has 0 bridgehead atoms. The zero-order valence-corrected chi connectivity index (χ0v) is 22.3. The highest BCUT2D eigenvalue weighted by Crippen LogP contribution is 2.46. The molecular weight excluding hydrogens is 509 g/mol. The molecule has 0 aliphatic carbocycles. The first kappa shape index (κ1) is 27.5. The first-order valence-electron chi connectivity index (χ1n) is 11.5. The third-order valence-electron chi connectivity index (χ3n) is 7.45. The summed E-state index contributed by atoms with van der Waals surface area (Å²) in [4.78, 5) is 24.5. The monoisotopic (exact) mass is 539 g/mol. The molecule has 0 radical (unpaired) electrons. The van der Waals surface area contributed by atoms with Crippen LogP contribution in [-0.4, -0.2) is 42.9 Å². The number of amides is 1. The Balaban J connectivity index is 2.06. The first-order valence-corrected chi connectivity index (χ1v) is 14.2. The predicted octanol–water partition coefficient (Wildman–Crippen LogP) is 5.13. The van der Waals surface area contributed by atoms with Gasteiger partial charge in [-0.3, -0.25) is 9.59 Å². The van der Waals surface area contributed by atoms with Gasteiger partial charge >= 0.3 is 5.97 Å². The highest BCUT2D eigenvalue weighted by molar-refractivity contribution is 7.91. The van der Waals surface area contributed by atoms with Crippen LogP contribution in [0.5, 0.6) is 0 Å². The summed E-state index contributed by atoms with van der Waals surface area (Å²) in [6.45, 7) is 3.58. The number of nitrogens with one attached hydrogen (secondary N) is 1. The van der Waals surface area contributed by atoms with Crippen LogP contribution in [0.15, 0.2) is 48.5 Å². The maximum atomic E-state index is 13.1. The van der Waals surface area contributed by atoms with Crippen molar-refractivity contribution in [1.29, 1.82) is 0 Å². The number of carbonyl (C=O) groups excluding carboxylic acids is 1. The normalized spacial score (nSPS) is 23.2. The third-order valence-corrected chi connectivity index (χ3v) is 9.76. The Hall–Kier alpha value is -2.09. The second kappa shape index (κ2) is 10.9. The minimum Gasteiger partial charge on any atom is -0.481 e. The topological polar surface area (TPSA) is 101 Å². The molecule has 9 heteroatoms. The fourth-order valence-corrected chi connectivity index (χ4v) is 6.73. The number of carboxylic acid groups (broad SMARTS) is 1. The lowest BCUT2D eigenvalue weighted by atomic mass is 9.64. The molecule has 190 valence electrons. The van der Waals surface area contributed by atoms with Gasteiger partial charge in [0.1, 0.15) is 0 Å². The molecule has 1 aliphatic heterocycles. The number of sulfone groups is 1. The largest absolute Gasteiger partial charge is 0.481 e. The van der Waals surface area contributed by atoms with Crippen molar-refractivity contribution in [3.05, 3.63) is 69.7 Å². The van der Waals surface area contributed by atoms with E-state index in [0.717, 1.165) is 11.1 Å². The van der Waals surface area contributed by atoms with Crippen LogP contribution in [0.4, 0.5) is 0 Å². The minimum atomic E-state index is -3.48. The SMILES string of the molecule is C[C@@H]([C@](C)(CCc1ccc(Cl)cc1)[C@H]1NC(=O)[C@@H](CC(=O)O)C[C@@H]1c1cccc(Cl)c1)S(C)(=O)=O. The van der Waals surface area contributed by atoms with E-state index in [1.807, 2.05) is 31.2 Å². The predicted molar refractivity (Wildman–Crippen MR) is 139 cm³/mol. The quantitative estimate of drug-likeness (QED) is 0.460. The minimum absolute atomic E-state index is 0.288. The van der Waals surface area contributed by atoms with E-state index in [-0.39, 0.29) is 24.7 Å². The van der Waals surface area contributed by atoms with Crippen LogP contribution in [0.1, 0.15) is 50.2 Å². The average Bonchev–Trinajstić information content (AvgIpc) is 2.78. The molecule has 2 aromatic carbocycles. The lowest BCUT2D eigenvalue weighted by molar-refractivity contribution is -0.143. The van der Waals surface area contributed by atoms with E-state index >= 15 is 0 Å². The Morgan fingerprint density at radius 3 is 2.40 bits per heavy atom. The van der Waals surface area contributed by atoms with Gasteiger partial charge in [0.25, 0.3) is 0 Å². The summed E-state index contributed by atoms with van der Waals surface area (Å²) in [6, 6.07) is 14.1. The van der Waals surface area contributed by atoms with Gasteiger partial charge in [0.15, 0.2) is 9.84 Å². The summed E-state index contributed by atoms with van der Waals surface area (Å²) < 4.78 is 25.7. The number of piperidine rings is 1. The Morgan fingerprint density at radius 1 is 1.17 bits per heavy atom. The zero-order chi connectivity index (χ0) is 26.0. The van der Waals surface area contributed by atoms with Gasteiger partial charge in [-0.25, -0.2) is 8.42 Å². The molecule has 2 aromatic rings. The number of hydrogen-bond acceptors (Lipinski definition) is 4. The second-order valence-corrected chi connectivity index (χ2v) is 13.0. The van der Waals surface area contributed by atoms with E-state index in [4.69, 9.17) is 23.2 Å². The number of benzene rings is 2. The molecule has 1 aliphatic rings. The number of rotatable bonds is 9. The number of aryl methyl sites for hydroxylation is 1. The molecule has 0 saturated carbocycles. The van der Waals surface area contributed by atoms with Crippen molar-refractivity contribution in [1.82, 2.24) is 5.32 Å². The van der Waals surface area contributed by atoms with Crippen molar-refractivity contribution in [3.8, 4) is 0 Å². The van der Waals surface area contributed by atoms with Crippen LogP contribution < -0.4 is 5.32 Å². The van der Waals surface area contributed by atoms with Crippen molar-refractivity contribution in [2.24, 2.45) is 11.3 Å². The van der Waals surface area contributed by atoms with Gasteiger partial charge in [-0.05, 0) is 61.6 Å². The van der Waals surface area contributed by atoms with Gasteiger partial charge in [-0.1, -0.05) is 54.4 Å². The van der Waals surface area contributed by atoms with E-state index in [1.165, 1.54) is 6.26 Å². The fraction of sp³-hybridized carbons (Fsp3) is 0.462. The van der Waals surface area contributed by atoms with Crippen molar-refractivity contribution < 1.29 is 23.1 Å². The zero-order valence-electron chi connectivity index (χ0n) is 20.0. The van der Waals surface area contributed by atoms with Crippen molar-refractivity contribution in [2.75, 3.05) is 6.26 Å². The van der Waals surface area contributed by atoms with E-state index < -0.39 is 38.4 Å². The molecule has 0 aromatic heterocycles. The molecule has 1 saturated heterocycles. The first-order chi connectivity index (χ1) is 16.3. The molecule has 1 heterocycles. The molecule has 6 nitrogen and oxygen atoms in total. The highest BCUT2D eigenvalue weighted by Gasteiger charge is 2.51. The molecule has 0 spiro atoms. The van der Waals surface area contributed by atoms with Gasteiger partial charge < -0.3 is 10.4 Å². The summed E-state index contributed by atoms with van der Waals surface area (Å²) in [5, 5.41) is 12.8. The van der Waals surface area contributed by atoms with E-state index in [0.29, 0.717) is 22.9 Å². The van der Waals surface area contributed by atoms with Crippen LogP contribution in [0.25, 0.3) is 0 Å². The Labute approximate surface area is 216 Å². The Bertz CT molecular complexity index is 1180. The lowest BCUT2D eigenvalue weighted by Crippen LogP contribution is -2.60. The standard InChI is InChI=1S/C26H31Cl2NO5S/c1-16(35(3,33)34)26(2,12-11-17-7-9-20(27)10-8-17)24-22(18-5-4-6-21(28)13-18)14-19(15-23(30)31)25(32)29-24/h4-10,13,16,19,22,24H,11-12,14-15H2,1-3H3,(H,29,32)(H,30,31)/t16-,19+,22+,24-,26-/m0/s1. The fourth-order valence-electron chi connectivity index (χ4n) is 5.16. The van der Waals surface area contributed by atoms with Gasteiger partial charge in [-0.15, -0.1) is 0 Å². The van der Waals surface area contributed by atoms with Crippen LogP contribution in [0.3, 0.4) is 0 Å². The smallest absolute Gasteiger partial charge is 0.304 e. The molecule has 0 unspecified atom stereocenters. The van der Waals surface area contributed by atoms with E-state index in [1.54, 1.807) is 31.2 Å². The summed E-state index contributed by atoms with van der Waals surface area (Å²) in [5.74, 6) is -2.45. The number of hydrogen-bond donors (Lipinski definition) is 2. The third kappa shape index (κ3) is 6.57. The van der Waals surface area contributed by atoms with Crippen LogP contribution in [0.2, 0.25) is 10.0 Å².